The summed E-state index contributed by atoms with van der Waals surface area (Å²) >= 11 is 0. The number of hydrogen-bond donors (Lipinski definition) is 2. The number of carbonyl (C=O) groups is 1. The van der Waals surface area contributed by atoms with Gasteiger partial charge in [-0.25, -0.2) is 9.18 Å². The maximum Gasteiger partial charge on any atom is 0.410 e. The van der Waals surface area contributed by atoms with Crippen molar-refractivity contribution in [2.45, 2.75) is 75.8 Å². The average Bonchev–Trinajstić information content (AvgIpc) is 3.26. The van der Waals surface area contributed by atoms with Gasteiger partial charge in [0.1, 0.15) is 37.1 Å². The smallest absolute Gasteiger partial charge is 0.410 e. The standard InChI is InChI=1S/C48H55FN2O8/c1-4-26-58-48-44(51(47(54)55-2)30-34-18-13-17-32-14-5-7-19-37(32)34)29-42(50-56-3)39-27-33(15-9-11-24-52)38(20-10-12-25-53)45(46(39)48)40-28-36(22-23-43(40)59-48)57-31-35-16-6-8-21-41(35)49/h4-8,13-14,16-19,21-23,27-28,33,38,44-46,52-53H,1,9-12,15,20,24-26,29-31H2,2-3H3. The Bertz CT molecular complexity index is 2150. The maximum absolute atomic E-state index is 14.7. The number of ether oxygens (including phenoxy) is 4. The Morgan fingerprint density at radius 2 is 1.71 bits per heavy atom. The minimum atomic E-state index is -1.45. The Morgan fingerprint density at radius 3 is 2.47 bits per heavy atom. The number of amides is 1. The van der Waals surface area contributed by atoms with Crippen LogP contribution in [0.25, 0.3) is 10.8 Å². The number of aliphatic hydroxyl groups excluding tert-OH is 2. The highest BCUT2D eigenvalue weighted by Gasteiger charge is 2.65. The summed E-state index contributed by atoms with van der Waals surface area (Å²) in [6, 6.07) is 25.6. The number of aliphatic hydroxyl groups is 2. The molecule has 2 aliphatic carbocycles. The first-order valence-corrected chi connectivity index (χ1v) is 20.7. The van der Waals surface area contributed by atoms with Crippen molar-refractivity contribution in [3.63, 3.8) is 0 Å². The summed E-state index contributed by atoms with van der Waals surface area (Å²) in [6.07, 6.45) is 8.17. The van der Waals surface area contributed by atoms with E-state index in [1.54, 1.807) is 29.2 Å². The van der Waals surface area contributed by atoms with E-state index in [4.69, 9.17) is 23.8 Å². The van der Waals surface area contributed by atoms with Gasteiger partial charge in [-0.3, -0.25) is 4.90 Å². The molecule has 4 aromatic carbocycles. The van der Waals surface area contributed by atoms with E-state index in [2.05, 4.69) is 17.8 Å². The molecule has 1 amide bonds. The molecule has 2 N–H and O–H groups in total. The molecule has 0 bridgehead atoms. The summed E-state index contributed by atoms with van der Waals surface area (Å²) in [6.45, 7) is 4.54. The number of oxime groups is 1. The van der Waals surface area contributed by atoms with Crippen molar-refractivity contribution in [2.75, 3.05) is 34.0 Å². The van der Waals surface area contributed by atoms with Gasteiger partial charge in [0.15, 0.2) is 0 Å². The monoisotopic (exact) mass is 806 g/mol. The molecule has 7 rings (SSSR count). The van der Waals surface area contributed by atoms with Crippen molar-refractivity contribution in [1.82, 2.24) is 4.90 Å². The zero-order chi connectivity index (χ0) is 41.4. The molecule has 1 saturated carbocycles. The quantitative estimate of drug-likeness (QED) is 0.0581. The van der Waals surface area contributed by atoms with E-state index in [1.807, 2.05) is 60.7 Å². The van der Waals surface area contributed by atoms with E-state index in [0.717, 1.165) is 53.2 Å². The fourth-order valence-corrected chi connectivity index (χ4v) is 9.66. The first kappa shape index (κ1) is 41.9. The number of fused-ring (bicyclic) bond motifs is 3. The molecule has 1 fully saturated rings. The van der Waals surface area contributed by atoms with E-state index in [9.17, 15) is 19.4 Å². The Hall–Kier alpha value is -5.23. The number of carbonyl (C=O) groups excluding carboxylic acids is 1. The number of methoxy groups -OCH3 is 1. The number of nitrogens with zero attached hydrogens (tertiary/aromatic N) is 2. The molecule has 6 unspecified atom stereocenters. The molecular weight excluding hydrogens is 752 g/mol. The van der Waals surface area contributed by atoms with E-state index in [1.165, 1.54) is 20.3 Å². The minimum Gasteiger partial charge on any atom is -0.489 e. The molecule has 0 spiro atoms. The van der Waals surface area contributed by atoms with E-state index in [0.29, 0.717) is 35.6 Å². The lowest BCUT2D eigenvalue weighted by Gasteiger charge is -2.59. The summed E-state index contributed by atoms with van der Waals surface area (Å²) in [5.41, 5.74) is 3.87. The van der Waals surface area contributed by atoms with E-state index in [-0.39, 0.29) is 63.0 Å². The SMILES string of the molecule is C=CCOC12Oc3ccc(OCc4ccccc4F)cc3C3C(CCCCO)C(CCCCO)C=C(C(=NOC)CC1N(Cc1cccc4ccccc14)C(=O)OC)C32. The van der Waals surface area contributed by atoms with Crippen molar-refractivity contribution in [1.29, 1.82) is 0 Å². The number of halogens is 1. The van der Waals surface area contributed by atoms with Gasteiger partial charge < -0.3 is 34.0 Å². The lowest BCUT2D eigenvalue weighted by atomic mass is 9.55. The Kier molecular flexibility index (Phi) is 13.7. The van der Waals surface area contributed by atoms with Crippen LogP contribution in [0.15, 0.2) is 114 Å². The van der Waals surface area contributed by atoms with Gasteiger partial charge in [-0.2, -0.15) is 0 Å². The molecule has 0 aromatic heterocycles. The van der Waals surface area contributed by atoms with Crippen LogP contribution < -0.4 is 9.47 Å². The minimum absolute atomic E-state index is 0.0253. The van der Waals surface area contributed by atoms with Gasteiger partial charge in [0.25, 0.3) is 0 Å². The largest absolute Gasteiger partial charge is 0.489 e. The molecular formula is C48H55FN2O8. The average molecular weight is 807 g/mol. The lowest BCUT2D eigenvalue weighted by molar-refractivity contribution is -0.256. The summed E-state index contributed by atoms with van der Waals surface area (Å²) in [5.74, 6) is -1.31. The topological polar surface area (TPSA) is 119 Å². The zero-order valence-electron chi connectivity index (χ0n) is 33.9. The molecule has 4 aromatic rings. The highest BCUT2D eigenvalue weighted by atomic mass is 19.1. The second-order valence-corrected chi connectivity index (χ2v) is 15.6. The molecule has 312 valence electrons. The number of unbranched alkanes of at least 4 members (excludes halogenated alkanes) is 2. The van der Waals surface area contributed by atoms with Gasteiger partial charge in [-0.05, 0) is 83.7 Å². The van der Waals surface area contributed by atoms with Gasteiger partial charge in [-0.1, -0.05) is 90.8 Å². The number of benzene rings is 4. The molecule has 6 atom stereocenters. The number of allylic oxidation sites excluding steroid dienone is 1. The highest BCUT2D eigenvalue weighted by Crippen LogP contribution is 2.62. The first-order valence-electron chi connectivity index (χ1n) is 20.7. The maximum atomic E-state index is 14.7. The summed E-state index contributed by atoms with van der Waals surface area (Å²) in [7, 11) is 2.90. The molecule has 59 heavy (non-hydrogen) atoms. The van der Waals surface area contributed by atoms with Gasteiger partial charge >= 0.3 is 6.09 Å². The second kappa shape index (κ2) is 19.2. The van der Waals surface area contributed by atoms with Crippen molar-refractivity contribution < 1.29 is 43.2 Å². The predicted octanol–water partition coefficient (Wildman–Crippen LogP) is 9.09. The highest BCUT2D eigenvalue weighted by molar-refractivity contribution is 6.03. The molecule has 3 aliphatic rings. The van der Waals surface area contributed by atoms with Gasteiger partial charge in [0.05, 0.1) is 31.9 Å². The van der Waals surface area contributed by atoms with Gasteiger partial charge in [0.2, 0.25) is 5.79 Å². The predicted molar refractivity (Wildman–Crippen MR) is 225 cm³/mol. The molecule has 11 heteroatoms. The summed E-state index contributed by atoms with van der Waals surface area (Å²) in [4.78, 5) is 21.6. The normalized spacial score (nSPS) is 23.7. The fourth-order valence-electron chi connectivity index (χ4n) is 9.66. The van der Waals surface area contributed by atoms with Crippen LogP contribution in [0, 0.1) is 23.6 Å². The van der Waals surface area contributed by atoms with Crippen molar-refractivity contribution >= 4 is 22.6 Å². The Morgan fingerprint density at radius 1 is 0.966 bits per heavy atom. The zero-order valence-corrected chi connectivity index (χ0v) is 33.9. The van der Waals surface area contributed by atoms with E-state index < -0.39 is 23.8 Å². The first-order chi connectivity index (χ1) is 28.9. The van der Waals surface area contributed by atoms with Crippen LogP contribution in [0.5, 0.6) is 11.5 Å². The van der Waals surface area contributed by atoms with Crippen molar-refractivity contribution in [3.8, 4) is 11.5 Å². The van der Waals surface area contributed by atoms with Crippen LogP contribution in [-0.4, -0.2) is 72.8 Å². The Labute approximate surface area is 345 Å². The Balaban J connectivity index is 1.43. The lowest BCUT2D eigenvalue weighted by Crippen LogP contribution is -2.70. The van der Waals surface area contributed by atoms with Crippen molar-refractivity contribution in [2.24, 2.45) is 22.9 Å². The van der Waals surface area contributed by atoms with Crippen LogP contribution in [-0.2, 0) is 27.5 Å². The number of hydrogen-bond acceptors (Lipinski definition) is 9. The third-order valence-electron chi connectivity index (χ3n) is 12.2. The third-order valence-corrected chi connectivity index (χ3v) is 12.2. The molecule has 1 aliphatic heterocycles. The number of rotatable bonds is 18. The van der Waals surface area contributed by atoms with Gasteiger partial charge in [0, 0.05) is 36.7 Å². The van der Waals surface area contributed by atoms with Crippen molar-refractivity contribution in [3.05, 3.63) is 132 Å². The van der Waals surface area contributed by atoms with Crippen LogP contribution in [0.2, 0.25) is 0 Å². The van der Waals surface area contributed by atoms with Crippen LogP contribution in [0.4, 0.5) is 9.18 Å². The van der Waals surface area contributed by atoms with Crippen LogP contribution >= 0.6 is 0 Å². The molecule has 1 heterocycles. The summed E-state index contributed by atoms with van der Waals surface area (Å²) in [5, 5.41) is 26.5. The summed E-state index contributed by atoms with van der Waals surface area (Å²) < 4.78 is 40.9. The van der Waals surface area contributed by atoms with Gasteiger partial charge in [-0.15, -0.1) is 6.58 Å². The molecule has 0 saturated heterocycles. The fraction of sp³-hybridized carbons (Fsp3) is 0.417. The van der Waals surface area contributed by atoms with E-state index >= 15 is 0 Å². The molecule has 10 nitrogen and oxygen atoms in total. The molecule has 0 radical (unpaired) electrons. The third kappa shape index (κ3) is 8.60. The second-order valence-electron chi connectivity index (χ2n) is 15.6. The van der Waals surface area contributed by atoms with Crippen LogP contribution in [0.1, 0.15) is 67.6 Å². The van der Waals surface area contributed by atoms with Crippen LogP contribution in [0.3, 0.4) is 0 Å².